The third kappa shape index (κ3) is 6.38. The molecule has 0 fully saturated rings. The van der Waals surface area contributed by atoms with Gasteiger partial charge in [0.05, 0.1) is 6.61 Å². The van der Waals surface area contributed by atoms with Gasteiger partial charge in [-0.25, -0.2) is 0 Å². The third-order valence-corrected chi connectivity index (χ3v) is 1.52. The second kappa shape index (κ2) is 7.28. The first-order valence-corrected chi connectivity index (χ1v) is 4.32. The maximum atomic E-state index is 11.0. The number of rotatable bonds is 7. The fourth-order valence-corrected chi connectivity index (χ4v) is 0.741. The average molecular weight is 205 g/mol. The van der Waals surface area contributed by atoms with Gasteiger partial charge in [0, 0.05) is 19.4 Å². The molecular formula is C8H15NO5. The Hall–Kier alpha value is -1.14. The summed E-state index contributed by atoms with van der Waals surface area (Å²) in [6.45, 7) is 0.0494. The molecule has 4 N–H and O–H groups in total. The number of aliphatic hydroxyl groups excluding tert-OH is 1. The second-order valence-corrected chi connectivity index (χ2v) is 2.78. The molecule has 0 aliphatic carbocycles. The maximum absolute atomic E-state index is 11.0. The van der Waals surface area contributed by atoms with Crippen molar-refractivity contribution in [3.05, 3.63) is 0 Å². The van der Waals surface area contributed by atoms with Crippen molar-refractivity contribution >= 4 is 11.9 Å². The van der Waals surface area contributed by atoms with Gasteiger partial charge in [-0.05, 0) is 6.42 Å². The molecule has 0 aromatic rings. The minimum Gasteiger partial charge on any atom is -0.481 e. The summed E-state index contributed by atoms with van der Waals surface area (Å²) >= 11 is 0. The number of hydrogen-bond donors (Lipinski definition) is 3. The Labute approximate surface area is 81.7 Å². The normalized spacial score (nSPS) is 12.1. The van der Waals surface area contributed by atoms with E-state index >= 15 is 0 Å². The largest absolute Gasteiger partial charge is 0.481 e. The number of ether oxygens (including phenoxy) is 1. The summed E-state index contributed by atoms with van der Waals surface area (Å²) in [4.78, 5) is 21.2. The standard InChI is InChI=1S/C8H15NO5/c9-6(2-3-7(11)12)8(13)14-5-1-4-10/h6,10H,1-5,9H2,(H,11,12). The third-order valence-electron chi connectivity index (χ3n) is 1.52. The Morgan fingerprint density at radius 2 is 2.07 bits per heavy atom. The van der Waals surface area contributed by atoms with Crippen molar-refractivity contribution in [2.45, 2.75) is 25.3 Å². The van der Waals surface area contributed by atoms with Crippen LogP contribution < -0.4 is 5.73 Å². The molecule has 0 amide bonds. The molecule has 0 saturated carbocycles. The quantitative estimate of drug-likeness (QED) is 0.367. The fourth-order valence-electron chi connectivity index (χ4n) is 0.741. The molecule has 0 saturated heterocycles. The number of nitrogens with two attached hydrogens (primary N) is 1. The summed E-state index contributed by atoms with van der Waals surface area (Å²) < 4.78 is 4.66. The molecule has 0 aliphatic heterocycles. The molecular weight excluding hydrogens is 190 g/mol. The van der Waals surface area contributed by atoms with Crippen LogP contribution in [0, 0.1) is 0 Å². The van der Waals surface area contributed by atoms with Crippen LogP contribution in [0.1, 0.15) is 19.3 Å². The van der Waals surface area contributed by atoms with E-state index in [1.165, 1.54) is 0 Å². The van der Waals surface area contributed by atoms with Gasteiger partial charge in [-0.15, -0.1) is 0 Å². The monoisotopic (exact) mass is 205 g/mol. The summed E-state index contributed by atoms with van der Waals surface area (Å²) in [5.41, 5.74) is 5.35. The van der Waals surface area contributed by atoms with Gasteiger partial charge in [0.1, 0.15) is 6.04 Å². The molecule has 14 heavy (non-hydrogen) atoms. The van der Waals surface area contributed by atoms with Crippen LogP contribution in [0.3, 0.4) is 0 Å². The van der Waals surface area contributed by atoms with Crippen LogP contribution in [0.25, 0.3) is 0 Å². The zero-order valence-electron chi connectivity index (χ0n) is 7.81. The van der Waals surface area contributed by atoms with Crippen molar-refractivity contribution < 1.29 is 24.5 Å². The number of carboxylic acid groups (broad SMARTS) is 1. The number of carbonyl (C=O) groups excluding carboxylic acids is 1. The number of aliphatic hydroxyl groups is 1. The molecule has 82 valence electrons. The summed E-state index contributed by atoms with van der Waals surface area (Å²) in [7, 11) is 0. The molecule has 0 spiro atoms. The van der Waals surface area contributed by atoms with Gasteiger partial charge < -0.3 is 20.7 Å². The first kappa shape index (κ1) is 12.9. The lowest BCUT2D eigenvalue weighted by Gasteiger charge is -2.09. The summed E-state index contributed by atoms with van der Waals surface area (Å²) in [6.07, 6.45) is 0.265. The van der Waals surface area contributed by atoms with E-state index in [1.54, 1.807) is 0 Å². The van der Waals surface area contributed by atoms with Crippen LogP contribution in [0.2, 0.25) is 0 Å². The molecule has 0 heterocycles. The summed E-state index contributed by atoms with van der Waals surface area (Å²) in [5.74, 6) is -1.62. The van der Waals surface area contributed by atoms with E-state index in [4.69, 9.17) is 15.9 Å². The molecule has 0 aliphatic rings. The number of esters is 1. The Bertz CT molecular complexity index is 194. The highest BCUT2D eigenvalue weighted by atomic mass is 16.5. The average Bonchev–Trinajstić information content (AvgIpc) is 2.14. The van der Waals surface area contributed by atoms with Crippen molar-refractivity contribution in [3.63, 3.8) is 0 Å². The molecule has 1 atom stereocenters. The minimum atomic E-state index is -0.997. The maximum Gasteiger partial charge on any atom is 0.322 e. The van der Waals surface area contributed by atoms with Crippen molar-refractivity contribution in [1.29, 1.82) is 0 Å². The Morgan fingerprint density at radius 1 is 1.43 bits per heavy atom. The van der Waals surface area contributed by atoms with Gasteiger partial charge in [-0.2, -0.15) is 0 Å². The second-order valence-electron chi connectivity index (χ2n) is 2.78. The highest BCUT2D eigenvalue weighted by Gasteiger charge is 2.15. The zero-order valence-corrected chi connectivity index (χ0v) is 7.81. The van der Waals surface area contributed by atoms with E-state index in [-0.39, 0.29) is 26.1 Å². The number of hydrogen-bond acceptors (Lipinski definition) is 5. The molecule has 1 unspecified atom stereocenters. The van der Waals surface area contributed by atoms with Crippen LogP contribution in [-0.2, 0) is 14.3 Å². The van der Waals surface area contributed by atoms with Crippen molar-refractivity contribution in [3.8, 4) is 0 Å². The summed E-state index contributed by atoms with van der Waals surface area (Å²) in [5, 5.41) is 16.7. The van der Waals surface area contributed by atoms with Crippen LogP contribution in [0.15, 0.2) is 0 Å². The van der Waals surface area contributed by atoms with Gasteiger partial charge in [-0.1, -0.05) is 0 Å². The van der Waals surface area contributed by atoms with E-state index in [9.17, 15) is 9.59 Å². The molecule has 6 heteroatoms. The fraction of sp³-hybridized carbons (Fsp3) is 0.750. The van der Waals surface area contributed by atoms with Crippen LogP contribution in [0.4, 0.5) is 0 Å². The van der Waals surface area contributed by atoms with E-state index in [1.807, 2.05) is 0 Å². The van der Waals surface area contributed by atoms with E-state index < -0.39 is 18.0 Å². The van der Waals surface area contributed by atoms with E-state index in [0.717, 1.165) is 0 Å². The van der Waals surface area contributed by atoms with Gasteiger partial charge in [0.2, 0.25) is 0 Å². The predicted octanol–water partition coefficient (Wildman–Crippen LogP) is -0.896. The predicted molar refractivity (Wildman–Crippen MR) is 47.5 cm³/mol. The lowest BCUT2D eigenvalue weighted by atomic mass is 10.2. The molecule has 0 bridgehead atoms. The van der Waals surface area contributed by atoms with Gasteiger partial charge in [0.15, 0.2) is 0 Å². The Kier molecular flexibility index (Phi) is 6.69. The lowest BCUT2D eigenvalue weighted by Crippen LogP contribution is -2.33. The molecule has 0 aromatic heterocycles. The number of carbonyl (C=O) groups is 2. The zero-order chi connectivity index (χ0) is 11.0. The van der Waals surface area contributed by atoms with Gasteiger partial charge in [-0.3, -0.25) is 9.59 Å². The van der Waals surface area contributed by atoms with E-state index in [0.29, 0.717) is 6.42 Å². The Morgan fingerprint density at radius 3 is 2.57 bits per heavy atom. The molecule has 0 rings (SSSR count). The van der Waals surface area contributed by atoms with Crippen molar-refractivity contribution in [2.75, 3.05) is 13.2 Å². The van der Waals surface area contributed by atoms with Crippen molar-refractivity contribution in [1.82, 2.24) is 0 Å². The Balaban J connectivity index is 3.59. The first-order valence-electron chi connectivity index (χ1n) is 4.32. The van der Waals surface area contributed by atoms with Crippen LogP contribution >= 0.6 is 0 Å². The molecule has 0 radical (unpaired) electrons. The van der Waals surface area contributed by atoms with Crippen molar-refractivity contribution in [2.24, 2.45) is 5.73 Å². The highest BCUT2D eigenvalue weighted by molar-refractivity contribution is 5.76. The topological polar surface area (TPSA) is 110 Å². The number of carboxylic acids is 1. The number of aliphatic carboxylic acids is 1. The smallest absolute Gasteiger partial charge is 0.322 e. The van der Waals surface area contributed by atoms with Gasteiger partial charge in [0.25, 0.3) is 0 Å². The lowest BCUT2D eigenvalue weighted by molar-refractivity contribution is -0.146. The summed E-state index contributed by atoms with van der Waals surface area (Å²) in [6, 6.07) is -0.898. The van der Waals surface area contributed by atoms with E-state index in [2.05, 4.69) is 4.74 Å². The molecule has 6 nitrogen and oxygen atoms in total. The van der Waals surface area contributed by atoms with Crippen LogP contribution in [-0.4, -0.2) is 41.4 Å². The van der Waals surface area contributed by atoms with Gasteiger partial charge >= 0.3 is 11.9 Å². The molecule has 0 aromatic carbocycles. The first-order chi connectivity index (χ1) is 6.57. The van der Waals surface area contributed by atoms with Crippen LogP contribution in [0.5, 0.6) is 0 Å². The SMILES string of the molecule is NC(CCC(=O)O)C(=O)OCCCO. The minimum absolute atomic E-state index is 0.0579. The highest BCUT2D eigenvalue weighted by Crippen LogP contribution is 1.97.